The Morgan fingerprint density at radius 2 is 1.52 bits per heavy atom. The van der Waals surface area contributed by atoms with Crippen molar-refractivity contribution in [1.29, 1.82) is 0 Å². The molecular formula is C23H37BrN2O. The van der Waals surface area contributed by atoms with Gasteiger partial charge in [0.25, 0.3) is 0 Å². The van der Waals surface area contributed by atoms with E-state index in [1.807, 2.05) is 12.1 Å². The molecule has 0 bridgehead atoms. The normalized spacial score (nSPS) is 11.2. The Bertz CT molecular complexity index is 514. The number of nitrogens with one attached hydrogen (secondary N) is 1. The van der Waals surface area contributed by atoms with E-state index in [1.54, 1.807) is 6.20 Å². The molecule has 0 aliphatic rings. The fourth-order valence-corrected chi connectivity index (χ4v) is 3.25. The minimum absolute atomic E-state index is 0.0578. The molecule has 27 heavy (non-hydrogen) atoms. The summed E-state index contributed by atoms with van der Waals surface area (Å²) in [7, 11) is 0. The van der Waals surface area contributed by atoms with Crippen molar-refractivity contribution in [3.63, 3.8) is 0 Å². The smallest absolute Gasteiger partial charge is 0.225 e. The van der Waals surface area contributed by atoms with Gasteiger partial charge in [-0.1, -0.05) is 70.4 Å². The molecule has 3 nitrogen and oxygen atoms in total. The minimum Gasteiger partial charge on any atom is -0.311 e. The van der Waals surface area contributed by atoms with Crippen molar-refractivity contribution in [3.05, 3.63) is 35.0 Å². The number of hydrogen-bond donors (Lipinski definition) is 1. The van der Waals surface area contributed by atoms with E-state index in [9.17, 15) is 4.79 Å². The monoisotopic (exact) mass is 436 g/mol. The molecule has 1 aromatic heterocycles. The second-order valence-corrected chi connectivity index (χ2v) is 8.16. The lowest BCUT2D eigenvalue weighted by Crippen LogP contribution is -2.11. The van der Waals surface area contributed by atoms with Gasteiger partial charge in [0, 0.05) is 17.1 Å². The highest BCUT2D eigenvalue weighted by molar-refractivity contribution is 9.10. The zero-order valence-electron chi connectivity index (χ0n) is 17.0. The maximum absolute atomic E-state index is 11.9. The molecule has 0 fully saturated rings. The number of amides is 1. The summed E-state index contributed by atoms with van der Waals surface area (Å²) in [6, 6.07) is 3.69. The maximum Gasteiger partial charge on any atom is 0.225 e. The number of pyridine rings is 1. The largest absolute Gasteiger partial charge is 0.311 e. The molecule has 1 N–H and O–H groups in total. The summed E-state index contributed by atoms with van der Waals surface area (Å²) in [6.45, 7) is 2.27. The molecule has 0 radical (unpaired) electrons. The summed E-state index contributed by atoms with van der Waals surface area (Å²) >= 11 is 3.34. The van der Waals surface area contributed by atoms with Gasteiger partial charge >= 0.3 is 0 Å². The highest BCUT2D eigenvalue weighted by Crippen LogP contribution is 2.12. The van der Waals surface area contributed by atoms with E-state index in [2.05, 4.69) is 45.3 Å². The Hall–Kier alpha value is -1.16. The number of allylic oxidation sites excluding steroid dienone is 2. The van der Waals surface area contributed by atoms with Crippen molar-refractivity contribution in [2.45, 2.75) is 96.8 Å². The molecule has 152 valence electrons. The van der Waals surface area contributed by atoms with Gasteiger partial charge in [-0.3, -0.25) is 4.79 Å². The van der Waals surface area contributed by atoms with Gasteiger partial charge in [0.15, 0.2) is 0 Å². The third-order valence-corrected chi connectivity index (χ3v) is 5.13. The Morgan fingerprint density at radius 1 is 0.926 bits per heavy atom. The number of aromatic nitrogens is 1. The lowest BCUT2D eigenvalue weighted by Gasteiger charge is -2.04. The topological polar surface area (TPSA) is 42.0 Å². The van der Waals surface area contributed by atoms with Crippen molar-refractivity contribution in [2.24, 2.45) is 0 Å². The molecule has 4 heteroatoms. The number of anilines is 1. The van der Waals surface area contributed by atoms with Crippen LogP contribution in [0.15, 0.2) is 35.0 Å². The molecule has 0 aliphatic carbocycles. The minimum atomic E-state index is 0.0578. The number of rotatable bonds is 16. The number of halogens is 1. The first-order chi connectivity index (χ1) is 13.2. The van der Waals surface area contributed by atoms with Gasteiger partial charge in [0.05, 0.1) is 0 Å². The average molecular weight is 437 g/mol. The van der Waals surface area contributed by atoms with Crippen molar-refractivity contribution >= 4 is 27.7 Å². The fourth-order valence-electron chi connectivity index (χ4n) is 3.01. The Balaban J connectivity index is 1.86. The van der Waals surface area contributed by atoms with E-state index < -0.39 is 0 Å². The van der Waals surface area contributed by atoms with Crippen LogP contribution in [-0.2, 0) is 4.79 Å². The van der Waals surface area contributed by atoms with Crippen LogP contribution in [0.3, 0.4) is 0 Å². The van der Waals surface area contributed by atoms with Gasteiger partial charge in [-0.25, -0.2) is 4.98 Å². The molecule has 0 saturated carbocycles. The summed E-state index contributed by atoms with van der Waals surface area (Å²) in [5, 5.41) is 2.84. The number of unbranched alkanes of at least 4 members (excludes halogenated alkanes) is 11. The van der Waals surface area contributed by atoms with Crippen molar-refractivity contribution in [2.75, 3.05) is 5.32 Å². The van der Waals surface area contributed by atoms with Crippen LogP contribution >= 0.6 is 15.9 Å². The van der Waals surface area contributed by atoms with E-state index in [0.717, 1.165) is 17.3 Å². The summed E-state index contributed by atoms with van der Waals surface area (Å²) < 4.78 is 0.915. The number of nitrogens with zero attached hydrogens (tertiary/aromatic N) is 1. The summed E-state index contributed by atoms with van der Waals surface area (Å²) in [5.74, 6) is 0.679. The van der Waals surface area contributed by atoms with Crippen LogP contribution < -0.4 is 5.32 Å². The molecule has 0 spiro atoms. The van der Waals surface area contributed by atoms with Crippen LogP contribution in [0.4, 0.5) is 5.82 Å². The SMILES string of the molecule is CCCCCCCCC=CCCCCCCCC(=O)Nc1ccc(Br)cn1. The van der Waals surface area contributed by atoms with E-state index in [-0.39, 0.29) is 5.91 Å². The van der Waals surface area contributed by atoms with Crippen molar-refractivity contribution < 1.29 is 4.79 Å². The molecule has 1 rings (SSSR count). The van der Waals surface area contributed by atoms with E-state index >= 15 is 0 Å². The number of hydrogen-bond acceptors (Lipinski definition) is 2. The lowest BCUT2D eigenvalue weighted by atomic mass is 10.1. The fraction of sp³-hybridized carbons (Fsp3) is 0.652. The average Bonchev–Trinajstić information content (AvgIpc) is 2.66. The van der Waals surface area contributed by atoms with Crippen molar-refractivity contribution in [3.8, 4) is 0 Å². The number of carbonyl (C=O) groups is 1. The summed E-state index contributed by atoms with van der Waals surface area (Å²) in [4.78, 5) is 16.0. The van der Waals surface area contributed by atoms with Gasteiger partial charge in [-0.15, -0.1) is 0 Å². The Morgan fingerprint density at radius 3 is 2.11 bits per heavy atom. The standard InChI is InChI=1S/C23H37BrN2O/c1-2-3-4-5-6-7-8-9-10-11-12-13-14-15-16-17-23(27)26-22-19-18-21(24)20-25-22/h9-10,18-20H,2-8,11-17H2,1H3,(H,25,26,27). The lowest BCUT2D eigenvalue weighted by molar-refractivity contribution is -0.116. The Labute approximate surface area is 174 Å². The van der Waals surface area contributed by atoms with Crippen LogP contribution in [0.25, 0.3) is 0 Å². The quantitative estimate of drug-likeness (QED) is 0.212. The summed E-state index contributed by atoms with van der Waals surface area (Å²) in [5.41, 5.74) is 0. The molecular weight excluding hydrogens is 400 g/mol. The molecule has 1 amide bonds. The first kappa shape index (κ1) is 23.9. The van der Waals surface area contributed by atoms with Crippen LogP contribution in [0, 0.1) is 0 Å². The van der Waals surface area contributed by atoms with E-state index in [1.165, 1.54) is 70.6 Å². The van der Waals surface area contributed by atoms with E-state index in [4.69, 9.17) is 0 Å². The predicted octanol–water partition coefficient (Wildman–Crippen LogP) is 7.82. The molecule has 0 atom stereocenters. The van der Waals surface area contributed by atoms with Crippen LogP contribution in [0.5, 0.6) is 0 Å². The highest BCUT2D eigenvalue weighted by atomic mass is 79.9. The maximum atomic E-state index is 11.9. The van der Waals surface area contributed by atoms with Gasteiger partial charge in [-0.05, 0) is 60.2 Å². The predicted molar refractivity (Wildman–Crippen MR) is 120 cm³/mol. The molecule has 1 heterocycles. The zero-order valence-corrected chi connectivity index (χ0v) is 18.6. The molecule has 0 aromatic carbocycles. The third kappa shape index (κ3) is 14.6. The molecule has 0 aliphatic heterocycles. The van der Waals surface area contributed by atoms with Crippen molar-refractivity contribution in [1.82, 2.24) is 4.98 Å². The van der Waals surface area contributed by atoms with Gasteiger partial charge in [0.2, 0.25) is 5.91 Å². The zero-order chi connectivity index (χ0) is 19.6. The molecule has 0 unspecified atom stereocenters. The first-order valence-corrected chi connectivity index (χ1v) is 11.6. The van der Waals surface area contributed by atoms with Crippen LogP contribution in [-0.4, -0.2) is 10.9 Å². The van der Waals surface area contributed by atoms with Gasteiger partial charge in [-0.2, -0.15) is 0 Å². The third-order valence-electron chi connectivity index (χ3n) is 4.66. The molecule has 1 aromatic rings. The summed E-state index contributed by atoms with van der Waals surface area (Å²) in [6.07, 6.45) is 23.5. The van der Waals surface area contributed by atoms with Crippen LogP contribution in [0.1, 0.15) is 96.8 Å². The highest BCUT2D eigenvalue weighted by Gasteiger charge is 2.03. The van der Waals surface area contributed by atoms with E-state index in [0.29, 0.717) is 12.2 Å². The second-order valence-electron chi connectivity index (χ2n) is 7.24. The van der Waals surface area contributed by atoms with Gasteiger partial charge in [0.1, 0.15) is 5.82 Å². The second kappa shape index (κ2) is 17.0. The first-order valence-electron chi connectivity index (χ1n) is 10.8. The molecule has 0 saturated heterocycles. The van der Waals surface area contributed by atoms with Crippen LogP contribution in [0.2, 0.25) is 0 Å². The van der Waals surface area contributed by atoms with Gasteiger partial charge < -0.3 is 5.32 Å². The number of carbonyl (C=O) groups excluding carboxylic acids is 1. The Kier molecular flexibility index (Phi) is 15.0.